The van der Waals surface area contributed by atoms with Crippen LogP contribution in [0.3, 0.4) is 0 Å². The normalized spacial score (nSPS) is 27.9. The van der Waals surface area contributed by atoms with Gasteiger partial charge < -0.3 is 14.9 Å². The van der Waals surface area contributed by atoms with E-state index in [1.165, 1.54) is 26.4 Å². The molecular formula is C26H39ClO4. The zero-order valence-corrected chi connectivity index (χ0v) is 19.6. The number of hydrogen-bond donors (Lipinski definition) is 2. The van der Waals surface area contributed by atoms with Crippen molar-refractivity contribution in [2.24, 2.45) is 11.8 Å². The largest absolute Gasteiger partial charge is 0.469 e. The van der Waals surface area contributed by atoms with Gasteiger partial charge in [0.15, 0.2) is 0 Å². The lowest BCUT2D eigenvalue weighted by Gasteiger charge is -2.28. The van der Waals surface area contributed by atoms with Crippen LogP contribution >= 0.6 is 11.6 Å². The first kappa shape index (κ1) is 24.5. The summed E-state index contributed by atoms with van der Waals surface area (Å²) in [6.45, 7) is 0. The number of hydrogen-bond acceptors (Lipinski definition) is 4. The van der Waals surface area contributed by atoms with Crippen LogP contribution in [0.1, 0.15) is 100 Å². The highest BCUT2D eigenvalue weighted by molar-refractivity contribution is 6.21. The molecule has 0 aromatic heterocycles. The highest BCUT2D eigenvalue weighted by Gasteiger charge is 2.41. The number of esters is 1. The number of aliphatic hydroxyl groups excluding tert-OH is 2. The number of methoxy groups -OCH3 is 1. The maximum Gasteiger partial charge on any atom is 0.305 e. The summed E-state index contributed by atoms with van der Waals surface area (Å²) in [7, 11) is 1.43. The Labute approximate surface area is 192 Å². The number of halogens is 1. The summed E-state index contributed by atoms with van der Waals surface area (Å²) in [5, 5.41) is 21.5. The van der Waals surface area contributed by atoms with Gasteiger partial charge in [0, 0.05) is 17.7 Å². The number of rotatable bonds is 10. The Morgan fingerprint density at radius 2 is 1.77 bits per heavy atom. The van der Waals surface area contributed by atoms with Crippen molar-refractivity contribution >= 4 is 17.6 Å². The summed E-state index contributed by atoms with van der Waals surface area (Å²) >= 11 is 6.64. The predicted molar refractivity (Wildman–Crippen MR) is 124 cm³/mol. The molecule has 2 aliphatic carbocycles. The van der Waals surface area contributed by atoms with Crippen LogP contribution < -0.4 is 0 Å². The first-order valence-corrected chi connectivity index (χ1v) is 12.6. The topological polar surface area (TPSA) is 66.8 Å². The number of aliphatic hydroxyl groups is 2. The zero-order valence-electron chi connectivity index (χ0n) is 18.8. The first-order chi connectivity index (χ1) is 15.0. The lowest BCUT2D eigenvalue weighted by Crippen LogP contribution is -2.19. The SMILES string of the molecule is COC(=O)CCCCCC[C@H]1C(Cl)C[C@@H](O)C1c1ccc(C(O)C2CCCCC2)cc1. The molecule has 5 atom stereocenters. The molecular weight excluding hydrogens is 412 g/mol. The molecule has 0 heterocycles. The Bertz CT molecular complexity index is 670. The second-order valence-corrected chi connectivity index (χ2v) is 10.1. The second-order valence-electron chi connectivity index (χ2n) is 9.55. The number of ether oxygens (including phenoxy) is 1. The summed E-state index contributed by atoms with van der Waals surface area (Å²) < 4.78 is 4.68. The van der Waals surface area contributed by atoms with Crippen molar-refractivity contribution in [3.8, 4) is 0 Å². The number of alkyl halides is 1. The van der Waals surface area contributed by atoms with Gasteiger partial charge in [-0.05, 0) is 55.1 Å². The molecule has 4 nitrogen and oxygen atoms in total. The van der Waals surface area contributed by atoms with Crippen LogP contribution in [0.2, 0.25) is 0 Å². The maximum atomic E-state index is 11.2. The molecule has 1 aromatic carbocycles. The van der Waals surface area contributed by atoms with E-state index >= 15 is 0 Å². The Kier molecular flexibility index (Phi) is 9.68. The number of carbonyl (C=O) groups excluding carboxylic acids is 1. The molecule has 0 saturated heterocycles. The average molecular weight is 451 g/mol. The minimum absolute atomic E-state index is 0.0115. The van der Waals surface area contributed by atoms with E-state index in [-0.39, 0.29) is 29.3 Å². The van der Waals surface area contributed by atoms with Crippen molar-refractivity contribution in [3.05, 3.63) is 35.4 Å². The van der Waals surface area contributed by atoms with Crippen LogP contribution in [0.5, 0.6) is 0 Å². The van der Waals surface area contributed by atoms with Gasteiger partial charge in [-0.2, -0.15) is 0 Å². The van der Waals surface area contributed by atoms with Gasteiger partial charge in [-0.1, -0.05) is 62.8 Å². The number of benzene rings is 1. The summed E-state index contributed by atoms with van der Waals surface area (Å²) in [6.07, 6.45) is 11.2. The standard InChI is InChI=1S/C26H39ClO4/c1-31-24(29)12-8-3-2-7-11-21-22(27)17-23(28)25(21)18-13-15-20(16-14-18)26(30)19-9-5-4-6-10-19/h13-16,19,21-23,25-26,28,30H,2-12,17H2,1H3/t21-,22?,23+,25?,26?/m0/s1. The minimum Gasteiger partial charge on any atom is -0.469 e. The van der Waals surface area contributed by atoms with E-state index in [0.29, 0.717) is 18.8 Å². The van der Waals surface area contributed by atoms with Gasteiger partial charge in [0.25, 0.3) is 0 Å². The van der Waals surface area contributed by atoms with Crippen LogP contribution in [0, 0.1) is 11.8 Å². The molecule has 2 saturated carbocycles. The monoisotopic (exact) mass is 450 g/mol. The molecule has 5 heteroatoms. The highest BCUT2D eigenvalue weighted by atomic mass is 35.5. The van der Waals surface area contributed by atoms with Gasteiger partial charge in [0.1, 0.15) is 0 Å². The van der Waals surface area contributed by atoms with Gasteiger partial charge in [0.05, 0.1) is 19.3 Å². The van der Waals surface area contributed by atoms with Gasteiger partial charge in [-0.3, -0.25) is 4.79 Å². The first-order valence-electron chi connectivity index (χ1n) is 12.2. The van der Waals surface area contributed by atoms with E-state index in [9.17, 15) is 15.0 Å². The quantitative estimate of drug-likeness (QED) is 0.265. The maximum absolute atomic E-state index is 11.2. The molecule has 1 aromatic rings. The molecule has 174 valence electrons. The third-order valence-corrected chi connectivity index (χ3v) is 7.96. The van der Waals surface area contributed by atoms with Crippen molar-refractivity contribution in [2.75, 3.05) is 7.11 Å². The summed E-state index contributed by atoms with van der Waals surface area (Å²) in [4.78, 5) is 11.2. The van der Waals surface area contributed by atoms with Crippen LogP contribution in [-0.4, -0.2) is 34.8 Å². The number of unbranched alkanes of at least 4 members (excludes halogenated alkanes) is 3. The predicted octanol–water partition coefficient (Wildman–Crippen LogP) is 5.89. The fourth-order valence-electron chi connectivity index (χ4n) is 5.63. The molecule has 0 bridgehead atoms. The van der Waals surface area contributed by atoms with E-state index < -0.39 is 6.10 Å². The fraction of sp³-hybridized carbons (Fsp3) is 0.731. The average Bonchev–Trinajstić information content (AvgIpc) is 3.08. The Morgan fingerprint density at radius 1 is 1.10 bits per heavy atom. The van der Waals surface area contributed by atoms with Crippen molar-refractivity contribution in [1.82, 2.24) is 0 Å². The van der Waals surface area contributed by atoms with E-state index in [4.69, 9.17) is 11.6 Å². The molecule has 0 radical (unpaired) electrons. The lowest BCUT2D eigenvalue weighted by atomic mass is 9.81. The molecule has 0 aliphatic heterocycles. The van der Waals surface area contributed by atoms with E-state index in [0.717, 1.165) is 56.1 Å². The Balaban J connectivity index is 1.54. The minimum atomic E-state index is -0.416. The summed E-state index contributed by atoms with van der Waals surface area (Å²) in [6, 6.07) is 8.28. The molecule has 31 heavy (non-hydrogen) atoms. The van der Waals surface area contributed by atoms with Crippen molar-refractivity contribution in [1.29, 1.82) is 0 Å². The van der Waals surface area contributed by atoms with Crippen LogP contribution in [0.25, 0.3) is 0 Å². The smallest absolute Gasteiger partial charge is 0.305 e. The third kappa shape index (κ3) is 6.69. The van der Waals surface area contributed by atoms with Gasteiger partial charge in [-0.25, -0.2) is 0 Å². The second kappa shape index (κ2) is 12.2. The van der Waals surface area contributed by atoms with E-state index in [1.54, 1.807) is 0 Å². The highest BCUT2D eigenvalue weighted by Crippen LogP contribution is 2.45. The van der Waals surface area contributed by atoms with E-state index in [2.05, 4.69) is 16.9 Å². The molecule has 2 fully saturated rings. The summed E-state index contributed by atoms with van der Waals surface area (Å²) in [5.74, 6) is 0.539. The van der Waals surface area contributed by atoms with Crippen molar-refractivity contribution in [2.45, 2.75) is 101 Å². The van der Waals surface area contributed by atoms with Gasteiger partial charge >= 0.3 is 5.97 Å². The molecule has 3 rings (SSSR count). The fourth-order valence-corrected chi connectivity index (χ4v) is 6.10. The molecule has 0 amide bonds. The molecule has 2 aliphatic rings. The lowest BCUT2D eigenvalue weighted by molar-refractivity contribution is -0.140. The zero-order chi connectivity index (χ0) is 22.2. The van der Waals surface area contributed by atoms with Crippen LogP contribution in [0.15, 0.2) is 24.3 Å². The van der Waals surface area contributed by atoms with Crippen LogP contribution in [0.4, 0.5) is 0 Å². The Morgan fingerprint density at radius 3 is 2.45 bits per heavy atom. The molecule has 2 N–H and O–H groups in total. The van der Waals surface area contributed by atoms with Gasteiger partial charge in [0.2, 0.25) is 0 Å². The third-order valence-electron chi connectivity index (χ3n) is 7.46. The molecule has 3 unspecified atom stereocenters. The van der Waals surface area contributed by atoms with Crippen LogP contribution in [-0.2, 0) is 9.53 Å². The van der Waals surface area contributed by atoms with E-state index in [1.807, 2.05) is 12.1 Å². The molecule has 0 spiro atoms. The number of carbonyl (C=O) groups is 1. The summed E-state index contributed by atoms with van der Waals surface area (Å²) in [5.41, 5.74) is 2.12. The van der Waals surface area contributed by atoms with Crippen molar-refractivity contribution < 1.29 is 19.7 Å². The van der Waals surface area contributed by atoms with Gasteiger partial charge in [-0.15, -0.1) is 11.6 Å². The van der Waals surface area contributed by atoms with Crippen molar-refractivity contribution in [3.63, 3.8) is 0 Å². The Hall–Kier alpha value is -1.10.